The van der Waals surface area contributed by atoms with E-state index in [2.05, 4.69) is 15.3 Å². The molecule has 0 saturated carbocycles. The summed E-state index contributed by atoms with van der Waals surface area (Å²) in [4.78, 5) is 27.0. The molecule has 3 rings (SSSR count). The number of carbonyl (C=O) groups is 1. The van der Waals surface area contributed by atoms with E-state index in [1.807, 2.05) is 7.05 Å². The average molecular weight is 502 g/mol. The van der Waals surface area contributed by atoms with Crippen LogP contribution in [0.4, 0.5) is 5.69 Å². The number of sulfonamides is 1. The van der Waals surface area contributed by atoms with Crippen molar-refractivity contribution in [2.45, 2.75) is 31.7 Å². The molecule has 174 valence electrons. The SMILES string of the molecule is Cc1ccc(NC(=O)Cn2nc(C)c(Cl)c(Cl)c2=O)cc1S(=O)(=O)N1CCCN(C)CC1. The molecular formula is C20H25Cl2N5O4S. The summed E-state index contributed by atoms with van der Waals surface area (Å²) >= 11 is 11.8. The van der Waals surface area contributed by atoms with Crippen molar-refractivity contribution < 1.29 is 13.2 Å². The number of anilines is 1. The van der Waals surface area contributed by atoms with Crippen LogP contribution in [0.3, 0.4) is 0 Å². The van der Waals surface area contributed by atoms with E-state index in [9.17, 15) is 18.0 Å². The van der Waals surface area contributed by atoms with Gasteiger partial charge in [-0.05, 0) is 51.6 Å². The topological polar surface area (TPSA) is 105 Å². The van der Waals surface area contributed by atoms with Gasteiger partial charge in [-0.3, -0.25) is 9.59 Å². The zero-order valence-electron chi connectivity index (χ0n) is 18.1. The second kappa shape index (κ2) is 9.88. The first kappa shape index (κ1) is 24.7. The number of carbonyl (C=O) groups excluding carboxylic acids is 1. The predicted molar refractivity (Wildman–Crippen MR) is 124 cm³/mol. The third-order valence-corrected chi connectivity index (χ3v) is 8.22. The number of hydrogen-bond acceptors (Lipinski definition) is 6. The molecule has 1 aromatic heterocycles. The summed E-state index contributed by atoms with van der Waals surface area (Å²) in [6, 6.07) is 4.69. The smallest absolute Gasteiger partial charge is 0.287 e. The Morgan fingerprint density at radius 1 is 1.12 bits per heavy atom. The summed E-state index contributed by atoms with van der Waals surface area (Å²) in [5, 5.41) is 6.44. The molecule has 12 heteroatoms. The minimum atomic E-state index is -3.72. The first-order valence-corrected chi connectivity index (χ1v) is 12.2. The third kappa shape index (κ3) is 5.32. The number of rotatable bonds is 5. The molecule has 0 atom stereocenters. The Hall–Kier alpha value is -1.98. The van der Waals surface area contributed by atoms with Crippen LogP contribution in [-0.4, -0.2) is 66.5 Å². The maximum atomic E-state index is 13.3. The van der Waals surface area contributed by atoms with Gasteiger partial charge in [-0.15, -0.1) is 0 Å². The van der Waals surface area contributed by atoms with Crippen LogP contribution in [0.2, 0.25) is 10.0 Å². The molecule has 1 aliphatic heterocycles. The molecule has 1 amide bonds. The van der Waals surface area contributed by atoms with E-state index < -0.39 is 28.0 Å². The molecule has 0 spiro atoms. The predicted octanol–water partition coefficient (Wildman–Crippen LogP) is 2.13. The van der Waals surface area contributed by atoms with Gasteiger partial charge in [0.1, 0.15) is 11.6 Å². The summed E-state index contributed by atoms with van der Waals surface area (Å²) in [5.41, 5.74) is 0.515. The summed E-state index contributed by atoms with van der Waals surface area (Å²) in [6.07, 6.45) is 0.746. The highest BCUT2D eigenvalue weighted by Gasteiger charge is 2.28. The number of amides is 1. The van der Waals surface area contributed by atoms with Gasteiger partial charge in [-0.2, -0.15) is 9.40 Å². The van der Waals surface area contributed by atoms with E-state index in [-0.39, 0.29) is 14.9 Å². The number of benzene rings is 1. The molecule has 32 heavy (non-hydrogen) atoms. The van der Waals surface area contributed by atoms with Gasteiger partial charge in [0.25, 0.3) is 5.56 Å². The monoisotopic (exact) mass is 501 g/mol. The van der Waals surface area contributed by atoms with E-state index in [1.54, 1.807) is 26.0 Å². The largest absolute Gasteiger partial charge is 0.324 e. The van der Waals surface area contributed by atoms with Gasteiger partial charge in [-0.1, -0.05) is 29.3 Å². The fourth-order valence-corrected chi connectivity index (χ4v) is 5.51. The van der Waals surface area contributed by atoms with E-state index in [4.69, 9.17) is 23.2 Å². The Morgan fingerprint density at radius 3 is 2.56 bits per heavy atom. The summed E-state index contributed by atoms with van der Waals surface area (Å²) in [5.74, 6) is -0.555. The normalized spacial score (nSPS) is 16.0. The van der Waals surface area contributed by atoms with E-state index in [0.717, 1.165) is 17.6 Å². The van der Waals surface area contributed by atoms with Crippen molar-refractivity contribution in [2.75, 3.05) is 38.5 Å². The van der Waals surface area contributed by atoms with Crippen LogP contribution in [-0.2, 0) is 21.4 Å². The molecule has 0 unspecified atom stereocenters. The fourth-order valence-electron chi connectivity index (χ4n) is 3.44. The lowest BCUT2D eigenvalue weighted by Crippen LogP contribution is -2.35. The molecule has 1 aromatic carbocycles. The van der Waals surface area contributed by atoms with Crippen LogP contribution in [0.1, 0.15) is 17.7 Å². The Balaban J connectivity index is 1.82. The number of aromatic nitrogens is 2. The van der Waals surface area contributed by atoms with E-state index in [0.29, 0.717) is 36.6 Å². The fraction of sp³-hybridized carbons (Fsp3) is 0.450. The molecule has 0 radical (unpaired) electrons. The van der Waals surface area contributed by atoms with Gasteiger partial charge in [-0.25, -0.2) is 13.1 Å². The highest BCUT2D eigenvalue weighted by molar-refractivity contribution is 7.89. The molecule has 1 fully saturated rings. The van der Waals surface area contributed by atoms with Gasteiger partial charge in [0.2, 0.25) is 15.9 Å². The molecule has 1 N–H and O–H groups in total. The van der Waals surface area contributed by atoms with Crippen LogP contribution >= 0.6 is 23.2 Å². The van der Waals surface area contributed by atoms with Gasteiger partial charge in [0.15, 0.2) is 0 Å². The lowest BCUT2D eigenvalue weighted by Gasteiger charge is -2.22. The van der Waals surface area contributed by atoms with Crippen LogP contribution in [0.15, 0.2) is 27.9 Å². The second-order valence-electron chi connectivity index (χ2n) is 7.77. The van der Waals surface area contributed by atoms with Crippen molar-refractivity contribution in [1.29, 1.82) is 0 Å². The average Bonchev–Trinajstić information content (AvgIpc) is 2.96. The van der Waals surface area contributed by atoms with E-state index in [1.165, 1.54) is 10.4 Å². The minimum absolute atomic E-state index is 0.0430. The number of nitrogens with one attached hydrogen (secondary N) is 1. The molecule has 0 aliphatic carbocycles. The molecular weight excluding hydrogens is 477 g/mol. The van der Waals surface area contributed by atoms with Crippen molar-refractivity contribution in [2.24, 2.45) is 0 Å². The molecule has 0 bridgehead atoms. The molecule has 9 nitrogen and oxygen atoms in total. The van der Waals surface area contributed by atoms with Gasteiger partial charge in [0, 0.05) is 25.3 Å². The van der Waals surface area contributed by atoms with Crippen LogP contribution in [0, 0.1) is 13.8 Å². The molecule has 2 aromatic rings. The third-order valence-electron chi connectivity index (χ3n) is 5.26. The standard InChI is InChI=1S/C20H25Cl2N5O4S/c1-13-5-6-15(11-16(13)32(30,31)26-8-4-7-25(3)9-10-26)23-17(28)12-27-20(29)19(22)18(21)14(2)24-27/h5-6,11H,4,7-10,12H2,1-3H3,(H,23,28). The number of likely N-dealkylation sites (N-methyl/N-ethyl adjacent to an activating group) is 1. The number of nitrogens with zero attached hydrogens (tertiary/aromatic N) is 4. The van der Waals surface area contributed by atoms with Crippen LogP contribution in [0.5, 0.6) is 0 Å². The van der Waals surface area contributed by atoms with Crippen LogP contribution < -0.4 is 10.9 Å². The van der Waals surface area contributed by atoms with Crippen molar-refractivity contribution in [3.05, 3.63) is 49.9 Å². The van der Waals surface area contributed by atoms with Gasteiger partial charge >= 0.3 is 0 Å². The van der Waals surface area contributed by atoms with Crippen molar-refractivity contribution >= 4 is 44.8 Å². The quantitative estimate of drug-likeness (QED) is 0.672. The molecule has 1 saturated heterocycles. The van der Waals surface area contributed by atoms with Crippen LogP contribution in [0.25, 0.3) is 0 Å². The van der Waals surface area contributed by atoms with E-state index >= 15 is 0 Å². The summed E-state index contributed by atoms with van der Waals surface area (Å²) in [6.45, 7) is 5.21. The number of aryl methyl sites for hydroxylation is 2. The highest BCUT2D eigenvalue weighted by Crippen LogP contribution is 2.25. The highest BCUT2D eigenvalue weighted by atomic mass is 35.5. The Labute approximate surface area is 197 Å². The zero-order valence-corrected chi connectivity index (χ0v) is 20.4. The Kier molecular flexibility index (Phi) is 7.61. The van der Waals surface area contributed by atoms with Crippen molar-refractivity contribution in [1.82, 2.24) is 19.0 Å². The number of halogens is 2. The van der Waals surface area contributed by atoms with Gasteiger partial charge < -0.3 is 10.2 Å². The maximum Gasteiger partial charge on any atom is 0.287 e. The Morgan fingerprint density at radius 2 is 1.84 bits per heavy atom. The molecule has 2 heterocycles. The summed E-state index contributed by atoms with van der Waals surface area (Å²) < 4.78 is 28.9. The zero-order chi connectivity index (χ0) is 23.6. The first-order chi connectivity index (χ1) is 15.0. The minimum Gasteiger partial charge on any atom is -0.324 e. The Bertz CT molecular complexity index is 1200. The maximum absolute atomic E-state index is 13.3. The van der Waals surface area contributed by atoms with Gasteiger partial charge in [0.05, 0.1) is 15.6 Å². The first-order valence-electron chi connectivity index (χ1n) is 10.0. The molecule has 1 aliphatic rings. The van der Waals surface area contributed by atoms with Crippen molar-refractivity contribution in [3.63, 3.8) is 0 Å². The lowest BCUT2D eigenvalue weighted by molar-refractivity contribution is -0.117. The lowest BCUT2D eigenvalue weighted by atomic mass is 10.2. The number of hydrogen-bond donors (Lipinski definition) is 1. The summed E-state index contributed by atoms with van der Waals surface area (Å²) in [7, 11) is -1.76. The second-order valence-corrected chi connectivity index (χ2v) is 10.4. The van der Waals surface area contributed by atoms with Crippen molar-refractivity contribution in [3.8, 4) is 0 Å².